The summed E-state index contributed by atoms with van der Waals surface area (Å²) in [6, 6.07) is 9.33. The summed E-state index contributed by atoms with van der Waals surface area (Å²) in [6.45, 7) is 6.30. The van der Waals surface area contributed by atoms with Crippen molar-refractivity contribution in [1.82, 2.24) is 9.88 Å². The molecule has 1 aliphatic carbocycles. The zero-order valence-electron chi connectivity index (χ0n) is 15.2. The van der Waals surface area contributed by atoms with Crippen molar-refractivity contribution in [1.29, 1.82) is 0 Å². The van der Waals surface area contributed by atoms with E-state index in [1.807, 2.05) is 24.0 Å². The molecule has 2 aliphatic rings. The number of hydrogen-bond acceptors (Lipinski definition) is 4. The van der Waals surface area contributed by atoms with Crippen LogP contribution in [0.2, 0.25) is 0 Å². The van der Waals surface area contributed by atoms with Crippen LogP contribution < -0.4 is 10.1 Å². The lowest BCUT2D eigenvalue weighted by molar-refractivity contribution is -0.118. The molecule has 138 valence electrons. The number of fused-ring (bicyclic) bond motifs is 1. The standard InChI is InChI=1S/C21H21N3O3/c1-13(2)17-7-3-14(10-22-17)11-24(16-5-6-16)21(26)15-4-8-18-19(9-15)27-12-20(25)23-18/h3-4,7-10,16H,1,5-6,11-12H2,2H3,(H,23,25). The van der Waals surface area contributed by atoms with Crippen LogP contribution in [0.5, 0.6) is 5.75 Å². The predicted octanol–water partition coefficient (Wildman–Crippen LogP) is 3.25. The lowest BCUT2D eigenvalue weighted by Crippen LogP contribution is -2.33. The second-order valence-electron chi connectivity index (χ2n) is 7.04. The summed E-state index contributed by atoms with van der Waals surface area (Å²) in [5.74, 6) is 0.306. The summed E-state index contributed by atoms with van der Waals surface area (Å²) in [4.78, 5) is 30.8. The molecule has 6 nitrogen and oxygen atoms in total. The van der Waals surface area contributed by atoms with Gasteiger partial charge in [-0.2, -0.15) is 0 Å². The van der Waals surface area contributed by atoms with Gasteiger partial charge in [0.05, 0.1) is 11.4 Å². The van der Waals surface area contributed by atoms with Gasteiger partial charge < -0.3 is 15.0 Å². The van der Waals surface area contributed by atoms with Crippen molar-refractivity contribution in [2.24, 2.45) is 0 Å². The van der Waals surface area contributed by atoms with Gasteiger partial charge in [-0.25, -0.2) is 0 Å². The van der Waals surface area contributed by atoms with E-state index in [1.54, 1.807) is 24.4 Å². The van der Waals surface area contributed by atoms with E-state index in [1.165, 1.54) is 0 Å². The van der Waals surface area contributed by atoms with Crippen molar-refractivity contribution in [3.05, 3.63) is 59.9 Å². The zero-order valence-corrected chi connectivity index (χ0v) is 15.2. The lowest BCUT2D eigenvalue weighted by atomic mass is 10.1. The first-order valence-corrected chi connectivity index (χ1v) is 9.00. The lowest BCUT2D eigenvalue weighted by Gasteiger charge is -2.24. The number of allylic oxidation sites excluding steroid dienone is 1. The van der Waals surface area contributed by atoms with E-state index in [2.05, 4.69) is 16.9 Å². The third kappa shape index (κ3) is 3.69. The van der Waals surface area contributed by atoms with Crippen LogP contribution in [-0.2, 0) is 11.3 Å². The molecular formula is C21H21N3O3. The second-order valence-corrected chi connectivity index (χ2v) is 7.04. The Morgan fingerprint density at radius 3 is 2.81 bits per heavy atom. The van der Waals surface area contributed by atoms with Gasteiger partial charge in [0.2, 0.25) is 0 Å². The van der Waals surface area contributed by atoms with Gasteiger partial charge in [-0.1, -0.05) is 12.6 Å². The zero-order chi connectivity index (χ0) is 19.0. The number of hydrogen-bond donors (Lipinski definition) is 1. The maximum atomic E-state index is 13.1. The molecule has 6 heteroatoms. The highest BCUT2D eigenvalue weighted by Crippen LogP contribution is 2.33. The largest absolute Gasteiger partial charge is 0.482 e. The van der Waals surface area contributed by atoms with Crippen LogP contribution in [0.3, 0.4) is 0 Å². The van der Waals surface area contributed by atoms with E-state index >= 15 is 0 Å². The second kappa shape index (κ2) is 6.87. The molecule has 27 heavy (non-hydrogen) atoms. The van der Waals surface area contributed by atoms with Crippen LogP contribution >= 0.6 is 0 Å². The molecule has 2 aromatic rings. The summed E-state index contributed by atoms with van der Waals surface area (Å²) in [6.07, 6.45) is 3.83. The van der Waals surface area contributed by atoms with Crippen LogP contribution in [0, 0.1) is 0 Å². The SMILES string of the molecule is C=C(C)c1ccc(CN(C(=O)c2ccc3c(c2)OCC(=O)N3)C2CC2)cn1. The monoisotopic (exact) mass is 363 g/mol. The predicted molar refractivity (Wildman–Crippen MR) is 102 cm³/mol. The molecular weight excluding hydrogens is 342 g/mol. The number of rotatable bonds is 5. The molecule has 1 fully saturated rings. The molecule has 1 aromatic heterocycles. The van der Waals surface area contributed by atoms with Crippen LogP contribution in [0.25, 0.3) is 5.57 Å². The molecule has 1 N–H and O–H groups in total. The molecule has 1 aliphatic heterocycles. The number of pyridine rings is 1. The smallest absolute Gasteiger partial charge is 0.262 e. The summed E-state index contributed by atoms with van der Waals surface area (Å²) in [7, 11) is 0. The topological polar surface area (TPSA) is 71.5 Å². The van der Waals surface area contributed by atoms with Gasteiger partial charge in [0.1, 0.15) is 5.75 Å². The minimum atomic E-state index is -0.188. The van der Waals surface area contributed by atoms with Gasteiger partial charge in [0, 0.05) is 24.3 Å². The number of nitrogens with zero attached hydrogens (tertiary/aromatic N) is 2. The molecule has 2 heterocycles. The summed E-state index contributed by atoms with van der Waals surface area (Å²) >= 11 is 0. The first-order valence-electron chi connectivity index (χ1n) is 9.00. The Hall–Kier alpha value is -3.15. The third-order valence-electron chi connectivity index (χ3n) is 4.72. The Balaban J connectivity index is 1.54. The quantitative estimate of drug-likeness (QED) is 0.885. The molecule has 0 atom stereocenters. The van der Waals surface area contributed by atoms with Crippen LogP contribution in [-0.4, -0.2) is 34.3 Å². The number of anilines is 1. The van der Waals surface area contributed by atoms with Gasteiger partial charge in [0.15, 0.2) is 6.61 Å². The minimum absolute atomic E-state index is 0.0300. The number of nitrogens with one attached hydrogen (secondary N) is 1. The van der Waals surface area contributed by atoms with Crippen molar-refractivity contribution >= 4 is 23.1 Å². The Morgan fingerprint density at radius 1 is 1.33 bits per heavy atom. The maximum Gasteiger partial charge on any atom is 0.262 e. The fourth-order valence-electron chi connectivity index (χ4n) is 3.09. The van der Waals surface area contributed by atoms with Crippen molar-refractivity contribution in [2.75, 3.05) is 11.9 Å². The molecule has 0 bridgehead atoms. The van der Waals surface area contributed by atoms with E-state index in [0.717, 1.165) is 29.7 Å². The average Bonchev–Trinajstić information content (AvgIpc) is 3.50. The third-order valence-corrected chi connectivity index (χ3v) is 4.72. The van der Waals surface area contributed by atoms with E-state index < -0.39 is 0 Å². The van der Waals surface area contributed by atoms with Crippen LogP contribution in [0.4, 0.5) is 5.69 Å². The Labute approximate surface area is 157 Å². The van der Waals surface area contributed by atoms with E-state index in [9.17, 15) is 9.59 Å². The van der Waals surface area contributed by atoms with Gasteiger partial charge >= 0.3 is 0 Å². The van der Waals surface area contributed by atoms with Crippen LogP contribution in [0.15, 0.2) is 43.1 Å². The number of amides is 2. The van der Waals surface area contributed by atoms with Crippen molar-refractivity contribution in [3.63, 3.8) is 0 Å². The summed E-state index contributed by atoms with van der Waals surface area (Å²) in [5.41, 5.74) is 3.92. The molecule has 1 saturated carbocycles. The molecule has 0 unspecified atom stereocenters. The normalized spacial score (nSPS) is 15.4. The highest BCUT2D eigenvalue weighted by atomic mass is 16.5. The van der Waals surface area contributed by atoms with Gasteiger partial charge in [-0.05, 0) is 55.2 Å². The van der Waals surface area contributed by atoms with Gasteiger partial charge in [0.25, 0.3) is 11.8 Å². The molecule has 1 aromatic carbocycles. The molecule has 0 radical (unpaired) electrons. The molecule has 2 amide bonds. The number of aromatic nitrogens is 1. The number of carbonyl (C=O) groups excluding carboxylic acids is 2. The van der Waals surface area contributed by atoms with Crippen molar-refractivity contribution in [3.8, 4) is 5.75 Å². The van der Waals surface area contributed by atoms with Gasteiger partial charge in [-0.15, -0.1) is 0 Å². The molecule has 4 rings (SSSR count). The van der Waals surface area contributed by atoms with E-state index in [-0.39, 0.29) is 24.5 Å². The van der Waals surface area contributed by atoms with Crippen LogP contribution in [0.1, 0.15) is 41.4 Å². The number of benzene rings is 1. The van der Waals surface area contributed by atoms with Crippen molar-refractivity contribution in [2.45, 2.75) is 32.4 Å². The first kappa shape index (κ1) is 17.3. The summed E-state index contributed by atoms with van der Waals surface area (Å²) in [5, 5.41) is 2.74. The number of carbonyl (C=O) groups is 2. The van der Waals surface area contributed by atoms with E-state index in [0.29, 0.717) is 23.5 Å². The fraction of sp³-hybridized carbons (Fsp3) is 0.286. The minimum Gasteiger partial charge on any atom is -0.482 e. The van der Waals surface area contributed by atoms with Gasteiger partial charge in [-0.3, -0.25) is 14.6 Å². The Kier molecular flexibility index (Phi) is 4.39. The fourth-order valence-corrected chi connectivity index (χ4v) is 3.09. The van der Waals surface area contributed by atoms with E-state index in [4.69, 9.17) is 4.74 Å². The van der Waals surface area contributed by atoms with Crippen molar-refractivity contribution < 1.29 is 14.3 Å². The molecule has 0 saturated heterocycles. The summed E-state index contributed by atoms with van der Waals surface area (Å²) < 4.78 is 5.44. The Morgan fingerprint density at radius 2 is 2.15 bits per heavy atom. The number of ether oxygens (including phenoxy) is 1. The molecule has 0 spiro atoms. The highest BCUT2D eigenvalue weighted by molar-refractivity contribution is 5.99. The Bertz CT molecular complexity index is 917. The average molecular weight is 363 g/mol. The first-order chi connectivity index (χ1) is 13.0. The highest BCUT2D eigenvalue weighted by Gasteiger charge is 2.33. The maximum absolute atomic E-state index is 13.1.